The quantitative estimate of drug-likeness (QED) is 0.0750. The lowest BCUT2D eigenvalue weighted by Crippen LogP contribution is -2.00. The van der Waals surface area contributed by atoms with Crippen LogP contribution in [0.2, 0.25) is 0 Å². The van der Waals surface area contributed by atoms with Gasteiger partial charge in [-0.05, 0) is 205 Å². The summed E-state index contributed by atoms with van der Waals surface area (Å²) in [6.07, 6.45) is 15.5. The molecule has 6 aromatic heterocycles. The number of carboxylic acid groups (broad SMARTS) is 4. The largest absolute Gasteiger partial charge is 0.478 e. The van der Waals surface area contributed by atoms with Crippen molar-refractivity contribution >= 4 is 117 Å². The number of aromatic carboxylic acids is 4. The summed E-state index contributed by atoms with van der Waals surface area (Å²) in [4.78, 5) is 77.9. The van der Waals surface area contributed by atoms with Gasteiger partial charge in [0.1, 0.15) is 0 Å². The van der Waals surface area contributed by atoms with Crippen molar-refractivity contribution in [1.29, 1.82) is 0 Å². The molecule has 10 heterocycles. The maximum Gasteiger partial charge on any atom is 0.335 e. The third-order valence-corrected chi connectivity index (χ3v) is 14.3. The summed E-state index contributed by atoms with van der Waals surface area (Å²) in [6.45, 7) is 0. The Balaban J connectivity index is 0.000000226. The number of carboxylic acids is 4. The molecule has 4 aliphatic rings. The summed E-state index contributed by atoms with van der Waals surface area (Å²) in [6, 6.07) is 51.5. The summed E-state index contributed by atoms with van der Waals surface area (Å²) in [5.41, 5.74) is 17.2. The molecule has 4 aromatic carbocycles. The smallest absolute Gasteiger partial charge is 0.335 e. The second-order valence-corrected chi connectivity index (χ2v) is 20.0. The van der Waals surface area contributed by atoms with Crippen molar-refractivity contribution in [2.45, 2.75) is 0 Å². The van der Waals surface area contributed by atoms with E-state index in [2.05, 4.69) is 55.3 Å². The van der Waals surface area contributed by atoms with Gasteiger partial charge < -0.3 is 39.9 Å². The van der Waals surface area contributed by atoms with E-state index in [0.717, 1.165) is 55.9 Å². The van der Waals surface area contributed by atoms with Gasteiger partial charge in [-0.1, -0.05) is 36.4 Å². The zero-order valence-electron chi connectivity index (χ0n) is 44.0. The van der Waals surface area contributed by atoms with E-state index in [0.29, 0.717) is 72.9 Å². The van der Waals surface area contributed by atoms with Crippen LogP contribution in [-0.2, 0) is 0 Å². The van der Waals surface area contributed by atoms with Crippen LogP contribution in [0.15, 0.2) is 176 Å². The van der Waals surface area contributed by atoms with Crippen LogP contribution < -0.4 is 0 Å². The van der Waals surface area contributed by atoms with Crippen LogP contribution in [0.5, 0.6) is 0 Å². The molecular formula is C68H44N8O8. The Kier molecular flexibility index (Phi) is 13.0. The number of benzene rings is 4. The summed E-state index contributed by atoms with van der Waals surface area (Å²) < 4.78 is 1.95. The van der Waals surface area contributed by atoms with E-state index in [1.165, 1.54) is 48.5 Å². The average molecular weight is 1100 g/mol. The Morgan fingerprint density at radius 3 is 1.01 bits per heavy atom. The van der Waals surface area contributed by atoms with E-state index >= 15 is 0 Å². The van der Waals surface area contributed by atoms with Gasteiger partial charge in [-0.15, -0.1) is 0 Å². The van der Waals surface area contributed by atoms with Crippen LogP contribution in [0.4, 0.5) is 0 Å². The Morgan fingerprint density at radius 1 is 0.310 bits per heavy atom. The minimum atomic E-state index is -1.12. The predicted octanol–water partition coefficient (Wildman–Crippen LogP) is 14.6. The highest BCUT2D eigenvalue weighted by Gasteiger charge is 2.27. The average Bonchev–Trinajstić information content (AvgIpc) is 1.80. The van der Waals surface area contributed by atoms with Gasteiger partial charge in [-0.3, -0.25) is 0 Å². The van der Waals surface area contributed by atoms with Gasteiger partial charge in [-0.2, -0.15) is 0 Å². The molecule has 0 aliphatic carbocycles. The number of carbonyl (C=O) groups is 4. The number of aromatic amines is 3. The fourth-order valence-electron chi connectivity index (χ4n) is 10.5. The van der Waals surface area contributed by atoms with E-state index in [1.54, 1.807) is 48.5 Å². The topological polar surface area (TPSA) is 253 Å². The van der Waals surface area contributed by atoms with E-state index < -0.39 is 23.9 Å². The van der Waals surface area contributed by atoms with Crippen LogP contribution in [0.25, 0.3) is 132 Å². The second-order valence-electron chi connectivity index (χ2n) is 20.0. The minimum absolute atomic E-state index is 0.0529. The van der Waals surface area contributed by atoms with Crippen molar-refractivity contribution in [2.24, 2.45) is 0 Å². The Morgan fingerprint density at radius 2 is 0.619 bits per heavy atom. The van der Waals surface area contributed by atoms with Gasteiger partial charge >= 0.3 is 23.9 Å². The van der Waals surface area contributed by atoms with Gasteiger partial charge in [0.15, 0.2) is 0 Å². The lowest BCUT2D eigenvalue weighted by molar-refractivity contribution is 0.0686. The number of hydrogen-bond acceptors (Lipinski definition) is 8. The van der Waals surface area contributed by atoms with E-state index in [1.807, 2.05) is 102 Å². The van der Waals surface area contributed by atoms with Gasteiger partial charge in [-0.25, -0.2) is 39.1 Å². The zero-order chi connectivity index (χ0) is 57.6. The normalized spacial score (nSPS) is 12.0. The van der Waals surface area contributed by atoms with E-state index in [9.17, 15) is 39.6 Å². The van der Waals surface area contributed by atoms with Crippen molar-refractivity contribution < 1.29 is 39.6 Å². The maximum absolute atomic E-state index is 12.1. The monoisotopic (exact) mass is 1100 g/mol. The van der Waals surface area contributed by atoms with Crippen LogP contribution in [0.1, 0.15) is 87.0 Å². The first kappa shape index (κ1) is 51.4. The zero-order valence-corrected chi connectivity index (χ0v) is 44.0. The number of aromatic nitrogens is 8. The van der Waals surface area contributed by atoms with Gasteiger partial charge in [0.05, 0.1) is 78.8 Å². The van der Waals surface area contributed by atoms with Crippen molar-refractivity contribution in [3.63, 3.8) is 0 Å². The first-order valence-electron chi connectivity index (χ1n) is 26.4. The SMILES string of the molecule is C1=Cc2cc3ccc(cc4ccc(cc5nc(cc1n2)C=C5)[nH]4)[nH]3.O=C(O)c1ccc(-c2c(-c3ccc(C(=O)O)cc3)c3c(-c4ccc(C(=O)O)cc4)c4nc(cc5ccc(cc6nc(cc2n3-c2ccc(C(=O)O)cc2)C=C6)[nH]5)C=C4)cc1. The summed E-state index contributed by atoms with van der Waals surface area (Å²) >= 11 is 0. The molecule has 0 amide bonds. The number of rotatable bonds is 8. The number of fused-ring (bicyclic) bond motifs is 16. The van der Waals surface area contributed by atoms with Crippen LogP contribution in [-0.4, -0.2) is 83.8 Å². The third-order valence-electron chi connectivity index (χ3n) is 14.3. The van der Waals surface area contributed by atoms with Crippen molar-refractivity contribution in [1.82, 2.24) is 39.5 Å². The fourth-order valence-corrected chi connectivity index (χ4v) is 10.5. The molecule has 7 N–H and O–H groups in total. The number of H-pyrrole nitrogens is 3. The van der Waals surface area contributed by atoms with Crippen LogP contribution >= 0.6 is 0 Å². The standard InChI is InChI=1S/C48H30N4O8.C20H14N4/c53-45(54)29-7-1-26(2-8-29)41-39-22-19-36(51-39)24-35-16-15-33(49-35)23-34-17-18-37(50-34)25-40-42(27-3-9-30(10-4-27)46(55)56)43(28-5-11-31(12-6-28)47(57)58)44(41)52(40)38-20-13-32(14-21-38)48(59)60;1-2-14-10-16-5-6-18(23-16)12-20-8-7-19(24-20)11-17-4-3-15(22-17)9-13(1)21-14/h1-25,49H,(H,53,54)(H,55,56)(H,57,58)(H,59,60);1-12,21-22H. The highest BCUT2D eigenvalue weighted by molar-refractivity contribution is 6.11. The summed E-state index contributed by atoms with van der Waals surface area (Å²) in [7, 11) is 0. The molecule has 14 rings (SSSR count). The van der Waals surface area contributed by atoms with Crippen molar-refractivity contribution in [3.05, 3.63) is 244 Å². The molecule has 0 unspecified atom stereocenters. The molecular weight excluding hydrogens is 1060 g/mol. The molecule has 0 saturated heterocycles. The van der Waals surface area contributed by atoms with Gasteiger partial charge in [0.2, 0.25) is 0 Å². The Bertz CT molecular complexity index is 4800. The minimum Gasteiger partial charge on any atom is -0.478 e. The first-order chi connectivity index (χ1) is 40.8. The molecule has 0 radical (unpaired) electrons. The van der Waals surface area contributed by atoms with Crippen molar-refractivity contribution in [2.75, 3.05) is 0 Å². The van der Waals surface area contributed by atoms with E-state index in [-0.39, 0.29) is 22.3 Å². The number of hydrogen-bond donors (Lipinski definition) is 7. The summed E-state index contributed by atoms with van der Waals surface area (Å²) in [5, 5.41) is 39.6. The predicted molar refractivity (Wildman–Crippen MR) is 327 cm³/mol. The lowest BCUT2D eigenvalue weighted by Gasteiger charge is -2.14. The molecule has 10 aromatic rings. The van der Waals surface area contributed by atoms with Crippen LogP contribution in [0.3, 0.4) is 0 Å². The van der Waals surface area contributed by atoms with Gasteiger partial charge in [0.25, 0.3) is 0 Å². The Labute approximate surface area is 476 Å². The summed E-state index contributed by atoms with van der Waals surface area (Å²) in [5.74, 6) is -4.45. The number of nitrogens with zero attached hydrogens (tertiary/aromatic N) is 5. The van der Waals surface area contributed by atoms with Crippen LogP contribution in [0, 0.1) is 0 Å². The lowest BCUT2D eigenvalue weighted by atomic mass is 9.92. The highest BCUT2D eigenvalue weighted by atomic mass is 16.4. The molecule has 16 nitrogen and oxygen atoms in total. The maximum atomic E-state index is 12.1. The highest BCUT2D eigenvalue weighted by Crippen LogP contribution is 2.47. The molecule has 404 valence electrons. The number of nitrogens with one attached hydrogen (secondary N) is 3. The molecule has 0 atom stereocenters. The molecule has 4 aliphatic heterocycles. The van der Waals surface area contributed by atoms with Gasteiger partial charge in [0, 0.05) is 55.5 Å². The Hall–Kier alpha value is -12.0. The van der Waals surface area contributed by atoms with Crippen molar-refractivity contribution in [3.8, 4) is 39.1 Å². The molecule has 16 bridgehead atoms. The van der Waals surface area contributed by atoms with E-state index in [4.69, 9.17) is 9.97 Å². The fraction of sp³-hybridized carbons (Fsp3) is 0. The molecule has 0 spiro atoms. The molecule has 0 saturated carbocycles. The molecule has 84 heavy (non-hydrogen) atoms. The molecule has 0 fully saturated rings. The third kappa shape index (κ3) is 10.4. The first-order valence-corrected chi connectivity index (χ1v) is 26.4. The molecule has 16 heteroatoms. The second kappa shape index (κ2) is 21.2.